The molecule has 0 spiro atoms. The Hall–Kier alpha value is -3.69. The Balaban J connectivity index is 1.60. The number of ether oxygens (including phenoxy) is 1. The summed E-state index contributed by atoms with van der Waals surface area (Å²) in [4.78, 5) is 50.4. The fourth-order valence-electron chi connectivity index (χ4n) is 4.83. The summed E-state index contributed by atoms with van der Waals surface area (Å²) in [5.41, 5.74) is 3.56. The third-order valence-electron chi connectivity index (χ3n) is 6.84. The van der Waals surface area contributed by atoms with Crippen LogP contribution in [0.25, 0.3) is 0 Å². The third kappa shape index (κ3) is 3.66. The fourth-order valence-corrected chi connectivity index (χ4v) is 5.99. The lowest BCUT2D eigenvalue weighted by Crippen LogP contribution is -2.37. The van der Waals surface area contributed by atoms with Crippen molar-refractivity contribution in [2.24, 2.45) is 5.92 Å². The van der Waals surface area contributed by atoms with Crippen LogP contribution in [0.4, 0.5) is 16.4 Å². The zero-order valence-corrected chi connectivity index (χ0v) is 21.5. The molecule has 3 heterocycles. The van der Waals surface area contributed by atoms with Crippen LogP contribution in [0, 0.1) is 19.8 Å². The Bertz CT molecular complexity index is 1340. The lowest BCUT2D eigenvalue weighted by molar-refractivity contribution is -0.126. The summed E-state index contributed by atoms with van der Waals surface area (Å²) in [5.74, 6) is -2.23. The van der Waals surface area contributed by atoms with Crippen LogP contribution >= 0.6 is 11.3 Å². The first-order chi connectivity index (χ1) is 17.2. The van der Waals surface area contributed by atoms with E-state index in [0.29, 0.717) is 5.56 Å². The number of benzene rings is 2. The average Bonchev–Trinajstić information content (AvgIpc) is 3.49. The number of anilines is 3. The number of carbonyl (C=O) groups excluding carboxylic acids is 3. The molecule has 3 atom stereocenters. The maximum atomic E-state index is 14.0. The molecule has 8 nitrogen and oxygen atoms in total. The Morgan fingerprint density at radius 2 is 1.67 bits per heavy atom. The van der Waals surface area contributed by atoms with Crippen molar-refractivity contribution in [2.45, 2.75) is 26.0 Å². The first-order valence-electron chi connectivity index (χ1n) is 11.6. The van der Waals surface area contributed by atoms with Crippen LogP contribution in [-0.4, -0.2) is 45.1 Å². The zero-order chi connectivity index (χ0) is 25.7. The number of aryl methyl sites for hydroxylation is 1. The van der Waals surface area contributed by atoms with Gasteiger partial charge in [0.15, 0.2) is 6.10 Å². The highest BCUT2D eigenvalue weighted by Crippen LogP contribution is 2.49. The van der Waals surface area contributed by atoms with E-state index in [0.717, 1.165) is 26.7 Å². The Labute approximate surface area is 213 Å². The number of para-hydroxylation sites is 1. The van der Waals surface area contributed by atoms with Crippen LogP contribution in [0.3, 0.4) is 0 Å². The van der Waals surface area contributed by atoms with Crippen molar-refractivity contribution in [3.63, 3.8) is 0 Å². The standard InChI is InChI=1S/C27H27N3O5S/c1-15-16(2)36-26(20(15)27(33)34-5)29-24(31)21-22(17-11-13-18(14-12-17)28(3)4)30(35-23(21)25(29)32)19-9-7-6-8-10-19/h6-14,21-23H,1-5H3/t21-,22+,23-/m1/s1. The molecule has 0 aliphatic carbocycles. The van der Waals surface area contributed by atoms with Gasteiger partial charge in [-0.3, -0.25) is 14.4 Å². The van der Waals surface area contributed by atoms with Crippen LogP contribution in [-0.2, 0) is 19.2 Å². The summed E-state index contributed by atoms with van der Waals surface area (Å²) in [6.45, 7) is 3.64. The molecule has 2 aliphatic heterocycles. The minimum absolute atomic E-state index is 0.244. The average molecular weight is 506 g/mol. The molecule has 0 bridgehead atoms. The molecule has 2 fully saturated rings. The highest BCUT2D eigenvalue weighted by Gasteiger charge is 2.61. The number of imide groups is 1. The molecule has 2 aliphatic rings. The van der Waals surface area contributed by atoms with Gasteiger partial charge in [-0.2, -0.15) is 0 Å². The van der Waals surface area contributed by atoms with Gasteiger partial charge in [-0.15, -0.1) is 11.3 Å². The van der Waals surface area contributed by atoms with Gasteiger partial charge in [-0.05, 0) is 49.2 Å². The highest BCUT2D eigenvalue weighted by molar-refractivity contribution is 7.17. The molecule has 2 amide bonds. The van der Waals surface area contributed by atoms with E-state index in [9.17, 15) is 14.4 Å². The largest absolute Gasteiger partial charge is 0.465 e. The van der Waals surface area contributed by atoms with E-state index in [1.165, 1.54) is 18.4 Å². The van der Waals surface area contributed by atoms with Gasteiger partial charge in [0.1, 0.15) is 10.9 Å². The normalized spacial score (nSPS) is 21.2. The topological polar surface area (TPSA) is 79.4 Å². The Kier molecular flexibility index (Phi) is 6.05. The van der Waals surface area contributed by atoms with Gasteiger partial charge in [0.25, 0.3) is 5.91 Å². The quantitative estimate of drug-likeness (QED) is 0.379. The van der Waals surface area contributed by atoms with Gasteiger partial charge >= 0.3 is 5.97 Å². The number of rotatable bonds is 5. The molecule has 9 heteroatoms. The molecule has 0 N–H and O–H groups in total. The number of thiophene rings is 1. The number of fused-ring (bicyclic) bond motifs is 1. The second kappa shape index (κ2) is 9.07. The van der Waals surface area contributed by atoms with Crippen molar-refractivity contribution in [2.75, 3.05) is 36.1 Å². The van der Waals surface area contributed by atoms with E-state index in [2.05, 4.69) is 0 Å². The first kappa shape index (κ1) is 24.0. The first-order valence-corrected chi connectivity index (χ1v) is 12.4. The van der Waals surface area contributed by atoms with Crippen LogP contribution in [0.2, 0.25) is 0 Å². The molecule has 0 unspecified atom stereocenters. The van der Waals surface area contributed by atoms with E-state index in [4.69, 9.17) is 9.57 Å². The summed E-state index contributed by atoms with van der Waals surface area (Å²) in [7, 11) is 5.21. The number of methoxy groups -OCH3 is 1. The molecule has 0 radical (unpaired) electrons. The van der Waals surface area contributed by atoms with E-state index in [1.54, 1.807) is 12.0 Å². The van der Waals surface area contributed by atoms with Crippen molar-refractivity contribution < 1.29 is 24.0 Å². The zero-order valence-electron chi connectivity index (χ0n) is 20.7. The van der Waals surface area contributed by atoms with Crippen LogP contribution in [0.15, 0.2) is 54.6 Å². The number of hydroxylamine groups is 1. The van der Waals surface area contributed by atoms with E-state index >= 15 is 0 Å². The van der Waals surface area contributed by atoms with Gasteiger partial charge in [0.2, 0.25) is 5.91 Å². The molecule has 2 aromatic carbocycles. The SMILES string of the molecule is COC(=O)c1c(N2C(=O)[C@H]3[C@@H](ON(c4ccccc4)[C@H]3c3ccc(N(C)C)cc3)C2=O)sc(C)c1C. The molecular formula is C27H27N3O5S. The molecule has 3 aromatic rings. The minimum atomic E-state index is -1.01. The fraction of sp³-hybridized carbons (Fsp3) is 0.296. The molecule has 186 valence electrons. The lowest BCUT2D eigenvalue weighted by atomic mass is 9.90. The number of carbonyl (C=O) groups is 3. The van der Waals surface area contributed by atoms with E-state index < -0.39 is 35.8 Å². The van der Waals surface area contributed by atoms with E-state index in [-0.39, 0.29) is 10.6 Å². The minimum Gasteiger partial charge on any atom is -0.465 e. The van der Waals surface area contributed by atoms with Crippen molar-refractivity contribution in [1.29, 1.82) is 0 Å². The van der Waals surface area contributed by atoms with Gasteiger partial charge in [-0.1, -0.05) is 30.3 Å². The summed E-state index contributed by atoms with van der Waals surface area (Å²) < 4.78 is 4.97. The molecule has 0 saturated carbocycles. The third-order valence-corrected chi connectivity index (χ3v) is 8.03. The second-order valence-corrected chi connectivity index (χ2v) is 10.3. The smallest absolute Gasteiger partial charge is 0.341 e. The summed E-state index contributed by atoms with van der Waals surface area (Å²) in [6, 6.07) is 16.8. The van der Waals surface area contributed by atoms with Crippen molar-refractivity contribution in [1.82, 2.24) is 0 Å². The number of esters is 1. The predicted octanol–water partition coefficient (Wildman–Crippen LogP) is 4.27. The number of amides is 2. The van der Waals surface area contributed by atoms with Crippen LogP contribution in [0.5, 0.6) is 0 Å². The Morgan fingerprint density at radius 3 is 2.28 bits per heavy atom. The summed E-state index contributed by atoms with van der Waals surface area (Å²) in [6.07, 6.45) is -1.01. The monoisotopic (exact) mass is 505 g/mol. The molecule has 36 heavy (non-hydrogen) atoms. The lowest BCUT2D eigenvalue weighted by Gasteiger charge is -2.29. The highest BCUT2D eigenvalue weighted by atomic mass is 32.1. The van der Waals surface area contributed by atoms with Gasteiger partial charge in [-0.25, -0.2) is 14.8 Å². The van der Waals surface area contributed by atoms with Crippen molar-refractivity contribution in [3.05, 3.63) is 76.2 Å². The molecule has 2 saturated heterocycles. The van der Waals surface area contributed by atoms with E-state index in [1.807, 2.05) is 80.5 Å². The second-order valence-electron chi connectivity index (χ2n) is 9.11. The van der Waals surface area contributed by atoms with Gasteiger partial charge < -0.3 is 9.64 Å². The van der Waals surface area contributed by atoms with Crippen molar-refractivity contribution in [3.8, 4) is 0 Å². The predicted molar refractivity (Wildman–Crippen MR) is 138 cm³/mol. The number of hydrogen-bond donors (Lipinski definition) is 0. The maximum absolute atomic E-state index is 14.0. The molecule has 5 rings (SSSR count). The maximum Gasteiger partial charge on any atom is 0.341 e. The number of hydrogen-bond acceptors (Lipinski definition) is 8. The Morgan fingerprint density at radius 1 is 1.00 bits per heavy atom. The van der Waals surface area contributed by atoms with Gasteiger partial charge in [0.05, 0.1) is 24.4 Å². The summed E-state index contributed by atoms with van der Waals surface area (Å²) in [5, 5.41) is 1.96. The molecule has 1 aromatic heterocycles. The number of nitrogens with zero attached hydrogens (tertiary/aromatic N) is 3. The van der Waals surface area contributed by atoms with Crippen LogP contribution < -0.4 is 14.9 Å². The van der Waals surface area contributed by atoms with Gasteiger partial charge in [0, 0.05) is 24.7 Å². The molecular weight excluding hydrogens is 478 g/mol. The van der Waals surface area contributed by atoms with Crippen molar-refractivity contribution >= 4 is 45.5 Å². The van der Waals surface area contributed by atoms with Crippen LogP contribution in [0.1, 0.15) is 32.4 Å². The summed E-state index contributed by atoms with van der Waals surface area (Å²) >= 11 is 1.24.